The van der Waals surface area contributed by atoms with Crippen LogP contribution in [0.5, 0.6) is 0 Å². The molecule has 7 heteroatoms. The largest absolute Gasteiger partial charge is 0.387 e. The predicted molar refractivity (Wildman–Crippen MR) is 61.3 cm³/mol. The highest BCUT2D eigenvalue weighted by molar-refractivity contribution is 7.98. The van der Waals surface area contributed by atoms with Gasteiger partial charge in [-0.15, -0.1) is 0 Å². The van der Waals surface area contributed by atoms with Crippen LogP contribution in [0.15, 0.2) is 9.98 Å². The number of nitrogens with zero attached hydrogens (tertiary/aromatic N) is 2. The highest BCUT2D eigenvalue weighted by atomic mass is 32.2. The van der Waals surface area contributed by atoms with Crippen LogP contribution in [0.25, 0.3) is 0 Å². The summed E-state index contributed by atoms with van der Waals surface area (Å²) in [5.74, 6) is 0.410. The molecule has 14 heavy (non-hydrogen) atoms. The second-order valence-corrected chi connectivity index (χ2v) is 4.01. The van der Waals surface area contributed by atoms with Crippen LogP contribution in [0, 0.1) is 0 Å². The summed E-state index contributed by atoms with van der Waals surface area (Å²) < 4.78 is 0. The van der Waals surface area contributed by atoms with Crippen LogP contribution in [0.2, 0.25) is 0 Å². The first-order valence-corrected chi connectivity index (χ1v) is 5.37. The zero-order valence-corrected chi connectivity index (χ0v) is 9.21. The molecular formula is C7H17N5OS. The Bertz CT molecular complexity index is 234. The molecule has 0 heterocycles. The Kier molecular flexibility index (Phi) is 5.32. The number of hydrogen-bond donors (Lipinski definition) is 4. The first kappa shape index (κ1) is 13.1. The molecule has 7 N–H and O–H groups in total. The zero-order chi connectivity index (χ0) is 11.2. The van der Waals surface area contributed by atoms with E-state index in [0.717, 1.165) is 0 Å². The van der Waals surface area contributed by atoms with Crippen LogP contribution in [0.1, 0.15) is 6.92 Å². The van der Waals surface area contributed by atoms with Crippen LogP contribution in [0.4, 0.5) is 0 Å². The van der Waals surface area contributed by atoms with Crippen molar-refractivity contribution >= 4 is 23.7 Å². The van der Waals surface area contributed by atoms with Gasteiger partial charge in [0, 0.05) is 5.75 Å². The lowest BCUT2D eigenvalue weighted by Crippen LogP contribution is -2.33. The molecule has 0 aromatic carbocycles. The summed E-state index contributed by atoms with van der Waals surface area (Å²) in [5.41, 5.74) is 14.7. The van der Waals surface area contributed by atoms with Gasteiger partial charge in [-0.25, -0.2) is 4.99 Å². The Hall–Kier alpha value is -0.950. The number of aliphatic imine (C=N–C) groups is 2. The van der Waals surface area contributed by atoms with E-state index in [4.69, 9.17) is 17.2 Å². The lowest BCUT2D eigenvalue weighted by molar-refractivity contribution is 0.0955. The van der Waals surface area contributed by atoms with Crippen LogP contribution in [-0.2, 0) is 0 Å². The van der Waals surface area contributed by atoms with E-state index in [1.165, 1.54) is 11.8 Å². The van der Waals surface area contributed by atoms with Crippen molar-refractivity contribution in [2.45, 2.75) is 12.5 Å². The first-order chi connectivity index (χ1) is 6.37. The van der Waals surface area contributed by atoms with E-state index < -0.39 is 5.60 Å². The number of hydrogen-bond acceptors (Lipinski definition) is 3. The Morgan fingerprint density at radius 2 is 2.00 bits per heavy atom. The van der Waals surface area contributed by atoms with Gasteiger partial charge in [0.2, 0.25) is 5.96 Å². The summed E-state index contributed by atoms with van der Waals surface area (Å²) in [7, 11) is 0. The molecule has 0 bridgehead atoms. The molecule has 0 aromatic heterocycles. The van der Waals surface area contributed by atoms with Gasteiger partial charge in [-0.2, -0.15) is 16.8 Å². The second-order valence-electron chi connectivity index (χ2n) is 3.14. The SMILES string of the molecule is CSCC(C)(O)CN=C(N)N=C(N)N. The number of thioether (sulfide) groups is 1. The average molecular weight is 219 g/mol. The fourth-order valence-corrected chi connectivity index (χ4v) is 1.49. The maximum Gasteiger partial charge on any atom is 0.218 e. The zero-order valence-electron chi connectivity index (χ0n) is 8.40. The van der Waals surface area contributed by atoms with Gasteiger partial charge >= 0.3 is 0 Å². The van der Waals surface area contributed by atoms with Crippen molar-refractivity contribution in [1.82, 2.24) is 0 Å². The summed E-state index contributed by atoms with van der Waals surface area (Å²) in [6, 6.07) is 0. The van der Waals surface area contributed by atoms with Crippen molar-refractivity contribution in [3.63, 3.8) is 0 Å². The normalized spacial score (nSPS) is 16.1. The molecule has 0 aliphatic rings. The molecule has 0 radical (unpaired) electrons. The third-order valence-electron chi connectivity index (χ3n) is 1.28. The topological polar surface area (TPSA) is 123 Å². The Morgan fingerprint density at radius 1 is 1.43 bits per heavy atom. The van der Waals surface area contributed by atoms with Crippen molar-refractivity contribution in [3.05, 3.63) is 0 Å². The molecule has 1 unspecified atom stereocenters. The molecule has 0 aromatic rings. The van der Waals surface area contributed by atoms with E-state index in [9.17, 15) is 5.11 Å². The highest BCUT2D eigenvalue weighted by Crippen LogP contribution is 2.10. The summed E-state index contributed by atoms with van der Waals surface area (Å²) in [6.07, 6.45) is 1.90. The molecule has 6 nitrogen and oxygen atoms in total. The third kappa shape index (κ3) is 6.55. The van der Waals surface area contributed by atoms with Gasteiger partial charge in [-0.1, -0.05) is 0 Å². The van der Waals surface area contributed by atoms with Crippen LogP contribution in [0.3, 0.4) is 0 Å². The number of aliphatic hydroxyl groups is 1. The lowest BCUT2D eigenvalue weighted by atomic mass is 10.1. The average Bonchev–Trinajstić information content (AvgIpc) is 2.00. The van der Waals surface area contributed by atoms with Gasteiger partial charge in [0.15, 0.2) is 5.96 Å². The van der Waals surface area contributed by atoms with E-state index in [2.05, 4.69) is 9.98 Å². The van der Waals surface area contributed by atoms with Gasteiger partial charge < -0.3 is 22.3 Å². The smallest absolute Gasteiger partial charge is 0.218 e. The molecule has 0 saturated heterocycles. The molecule has 0 aliphatic heterocycles. The lowest BCUT2D eigenvalue weighted by Gasteiger charge is -2.19. The summed E-state index contributed by atoms with van der Waals surface area (Å²) in [4.78, 5) is 7.36. The van der Waals surface area contributed by atoms with E-state index in [1.807, 2.05) is 6.26 Å². The minimum Gasteiger partial charge on any atom is -0.387 e. The quantitative estimate of drug-likeness (QED) is 0.345. The molecular weight excluding hydrogens is 202 g/mol. The Labute approximate surface area is 87.7 Å². The fourth-order valence-electron chi connectivity index (χ4n) is 0.776. The summed E-state index contributed by atoms with van der Waals surface area (Å²) in [5, 5.41) is 9.70. The van der Waals surface area contributed by atoms with E-state index in [0.29, 0.717) is 5.75 Å². The fraction of sp³-hybridized carbons (Fsp3) is 0.714. The van der Waals surface area contributed by atoms with Gasteiger partial charge in [0.05, 0.1) is 12.1 Å². The third-order valence-corrected chi connectivity index (χ3v) is 2.19. The summed E-state index contributed by atoms with van der Waals surface area (Å²) in [6.45, 7) is 1.85. The molecule has 0 spiro atoms. The summed E-state index contributed by atoms with van der Waals surface area (Å²) >= 11 is 1.53. The molecule has 82 valence electrons. The van der Waals surface area contributed by atoms with Gasteiger partial charge in [-0.3, -0.25) is 0 Å². The van der Waals surface area contributed by atoms with Crippen molar-refractivity contribution in [1.29, 1.82) is 0 Å². The number of nitrogens with two attached hydrogens (primary N) is 3. The van der Waals surface area contributed by atoms with E-state index in [-0.39, 0.29) is 18.5 Å². The van der Waals surface area contributed by atoms with Crippen LogP contribution < -0.4 is 17.2 Å². The molecule has 0 aliphatic carbocycles. The Balaban J connectivity index is 4.20. The van der Waals surface area contributed by atoms with Gasteiger partial charge in [-0.05, 0) is 13.2 Å². The standard InChI is InChI=1S/C7H17N5OS/c1-7(13,4-14-2)3-11-6(10)12-5(8)9/h13H,3-4H2,1-2H3,(H6,8,9,10,11,12). The van der Waals surface area contributed by atoms with Gasteiger partial charge in [0.25, 0.3) is 0 Å². The van der Waals surface area contributed by atoms with E-state index >= 15 is 0 Å². The molecule has 0 fully saturated rings. The van der Waals surface area contributed by atoms with Gasteiger partial charge in [0.1, 0.15) is 0 Å². The minimum absolute atomic E-state index is 0.0219. The monoisotopic (exact) mass is 219 g/mol. The molecule has 0 saturated carbocycles. The first-order valence-electron chi connectivity index (χ1n) is 3.98. The Morgan fingerprint density at radius 3 is 2.43 bits per heavy atom. The predicted octanol–water partition coefficient (Wildman–Crippen LogP) is -1.31. The van der Waals surface area contributed by atoms with Crippen molar-refractivity contribution in [3.8, 4) is 0 Å². The second kappa shape index (κ2) is 5.71. The van der Waals surface area contributed by atoms with Crippen LogP contribution in [-0.4, -0.2) is 41.2 Å². The highest BCUT2D eigenvalue weighted by Gasteiger charge is 2.18. The van der Waals surface area contributed by atoms with Crippen molar-refractivity contribution in [2.75, 3.05) is 18.6 Å². The maximum absolute atomic E-state index is 9.70. The van der Waals surface area contributed by atoms with Crippen LogP contribution >= 0.6 is 11.8 Å². The minimum atomic E-state index is -0.886. The maximum atomic E-state index is 9.70. The van der Waals surface area contributed by atoms with Crippen molar-refractivity contribution < 1.29 is 5.11 Å². The molecule has 1 atom stereocenters. The van der Waals surface area contributed by atoms with Crippen molar-refractivity contribution in [2.24, 2.45) is 27.2 Å². The van der Waals surface area contributed by atoms with E-state index in [1.54, 1.807) is 6.92 Å². The molecule has 0 rings (SSSR count). The number of guanidine groups is 2. The molecule has 0 amide bonds. The number of rotatable bonds is 4.